The number of anilines is 1. The highest BCUT2D eigenvalue weighted by molar-refractivity contribution is 7.92. The largest absolute Gasteiger partial charge is 0.494 e. The summed E-state index contributed by atoms with van der Waals surface area (Å²) in [5, 5.41) is 0. The lowest BCUT2D eigenvalue weighted by atomic mass is 9.99. The quantitative estimate of drug-likeness (QED) is 0.817. The first kappa shape index (κ1) is 17.3. The number of nitrogens with one attached hydrogen (secondary N) is 1. The Balaban J connectivity index is 2.14. The molecule has 4 nitrogen and oxygen atoms in total. The van der Waals surface area contributed by atoms with Gasteiger partial charge >= 0.3 is 0 Å². The second kappa shape index (κ2) is 7.51. The minimum atomic E-state index is -3.59. The first-order valence-corrected chi connectivity index (χ1v) is 9.30. The van der Waals surface area contributed by atoms with Crippen molar-refractivity contribution in [2.75, 3.05) is 11.3 Å². The van der Waals surface area contributed by atoms with Crippen LogP contribution >= 0.6 is 0 Å². The number of rotatable bonds is 7. The molecule has 0 unspecified atom stereocenters. The van der Waals surface area contributed by atoms with E-state index in [1.165, 1.54) is 5.56 Å². The average molecular weight is 333 g/mol. The summed E-state index contributed by atoms with van der Waals surface area (Å²) in [6, 6.07) is 13.9. The van der Waals surface area contributed by atoms with E-state index in [1.807, 2.05) is 19.1 Å². The molecule has 0 saturated carbocycles. The highest BCUT2D eigenvalue weighted by atomic mass is 32.2. The van der Waals surface area contributed by atoms with E-state index in [4.69, 9.17) is 4.74 Å². The van der Waals surface area contributed by atoms with Crippen molar-refractivity contribution in [1.82, 2.24) is 0 Å². The lowest BCUT2D eigenvalue weighted by molar-refractivity contribution is 0.340. The molecule has 0 aromatic heterocycles. The zero-order chi connectivity index (χ0) is 16.9. The van der Waals surface area contributed by atoms with Gasteiger partial charge in [-0.15, -0.1) is 0 Å². The van der Waals surface area contributed by atoms with Gasteiger partial charge in [-0.3, -0.25) is 4.72 Å². The fourth-order valence-corrected chi connectivity index (χ4v) is 3.27. The van der Waals surface area contributed by atoms with Crippen LogP contribution in [-0.2, 0) is 10.0 Å². The fraction of sp³-hybridized carbons (Fsp3) is 0.333. The summed E-state index contributed by atoms with van der Waals surface area (Å²) in [5.41, 5.74) is 1.77. The Labute approximate surface area is 138 Å². The molecule has 0 radical (unpaired) electrons. The molecule has 124 valence electrons. The van der Waals surface area contributed by atoms with Crippen molar-refractivity contribution in [3.05, 3.63) is 54.1 Å². The van der Waals surface area contributed by atoms with Crippen molar-refractivity contribution in [2.45, 2.75) is 38.0 Å². The minimum Gasteiger partial charge on any atom is -0.494 e. The van der Waals surface area contributed by atoms with Gasteiger partial charge in [0.15, 0.2) is 0 Å². The molecule has 0 heterocycles. The lowest BCUT2D eigenvalue weighted by Crippen LogP contribution is -2.12. The van der Waals surface area contributed by atoms with Crippen LogP contribution in [0.5, 0.6) is 5.75 Å². The molecule has 23 heavy (non-hydrogen) atoms. The zero-order valence-electron chi connectivity index (χ0n) is 13.7. The van der Waals surface area contributed by atoms with Gasteiger partial charge in [-0.25, -0.2) is 8.42 Å². The van der Waals surface area contributed by atoms with Crippen LogP contribution < -0.4 is 9.46 Å². The van der Waals surface area contributed by atoms with Gasteiger partial charge in [-0.1, -0.05) is 26.0 Å². The van der Waals surface area contributed by atoms with Crippen LogP contribution in [0.15, 0.2) is 53.4 Å². The highest BCUT2D eigenvalue weighted by Gasteiger charge is 2.14. The molecule has 2 rings (SSSR count). The van der Waals surface area contributed by atoms with E-state index in [2.05, 4.69) is 18.6 Å². The van der Waals surface area contributed by atoms with Gasteiger partial charge in [0.2, 0.25) is 0 Å². The maximum Gasteiger partial charge on any atom is 0.261 e. The Morgan fingerprint density at radius 3 is 2.13 bits per heavy atom. The molecule has 1 N–H and O–H groups in total. The molecule has 0 aliphatic rings. The van der Waals surface area contributed by atoms with Gasteiger partial charge in [-0.05, 0) is 61.2 Å². The highest BCUT2D eigenvalue weighted by Crippen LogP contribution is 2.23. The maximum absolute atomic E-state index is 12.4. The maximum atomic E-state index is 12.4. The Hall–Kier alpha value is -2.01. The van der Waals surface area contributed by atoms with Gasteiger partial charge < -0.3 is 4.74 Å². The van der Waals surface area contributed by atoms with Crippen LogP contribution in [0.2, 0.25) is 0 Å². The second-order valence-electron chi connectivity index (χ2n) is 5.44. The van der Waals surface area contributed by atoms with Crippen LogP contribution in [0.1, 0.15) is 38.7 Å². The number of sulfonamides is 1. The first-order chi connectivity index (χ1) is 11.0. The lowest BCUT2D eigenvalue weighted by Gasteiger charge is -2.12. The van der Waals surface area contributed by atoms with Crippen LogP contribution in [0.3, 0.4) is 0 Å². The van der Waals surface area contributed by atoms with Gasteiger partial charge in [0.25, 0.3) is 10.0 Å². The minimum absolute atomic E-state index is 0.215. The van der Waals surface area contributed by atoms with E-state index >= 15 is 0 Å². The molecule has 2 aromatic carbocycles. The van der Waals surface area contributed by atoms with Crippen molar-refractivity contribution in [3.8, 4) is 5.75 Å². The third-order valence-electron chi connectivity index (χ3n) is 3.79. The monoisotopic (exact) mass is 333 g/mol. The van der Waals surface area contributed by atoms with Crippen LogP contribution in [0.4, 0.5) is 5.69 Å². The molecular weight excluding hydrogens is 310 g/mol. The molecular formula is C18H23NO3S. The van der Waals surface area contributed by atoms with E-state index < -0.39 is 10.0 Å². The molecule has 0 fully saturated rings. The van der Waals surface area contributed by atoms with Gasteiger partial charge in [-0.2, -0.15) is 0 Å². The van der Waals surface area contributed by atoms with Crippen molar-refractivity contribution >= 4 is 15.7 Å². The van der Waals surface area contributed by atoms with Gasteiger partial charge in [0.05, 0.1) is 11.5 Å². The van der Waals surface area contributed by atoms with E-state index in [9.17, 15) is 8.42 Å². The van der Waals surface area contributed by atoms with Crippen molar-refractivity contribution in [1.29, 1.82) is 0 Å². The molecule has 5 heteroatoms. The molecule has 0 aliphatic carbocycles. The van der Waals surface area contributed by atoms with E-state index in [0.29, 0.717) is 24.0 Å². The zero-order valence-corrected chi connectivity index (χ0v) is 14.6. The molecule has 0 saturated heterocycles. The summed E-state index contributed by atoms with van der Waals surface area (Å²) in [4.78, 5) is 0.215. The third kappa shape index (κ3) is 4.48. The van der Waals surface area contributed by atoms with Crippen molar-refractivity contribution in [2.24, 2.45) is 0 Å². The van der Waals surface area contributed by atoms with Gasteiger partial charge in [0.1, 0.15) is 5.75 Å². The number of hydrogen-bond acceptors (Lipinski definition) is 3. The average Bonchev–Trinajstić information content (AvgIpc) is 2.55. The predicted octanol–water partition coefficient (Wildman–Crippen LogP) is 4.40. The Morgan fingerprint density at radius 2 is 1.61 bits per heavy atom. The molecule has 2 aromatic rings. The number of benzene rings is 2. The Morgan fingerprint density at radius 1 is 1.00 bits per heavy atom. The fourth-order valence-electron chi connectivity index (χ4n) is 2.21. The standard InChI is InChI=1S/C18H23NO3S/c1-4-14(3)15-6-8-16(9-7-15)19-23(20,21)18-12-10-17(11-13-18)22-5-2/h6-14,19H,4-5H2,1-3H3/t14-/m0/s1. The summed E-state index contributed by atoms with van der Waals surface area (Å²) < 4.78 is 32.7. The second-order valence-corrected chi connectivity index (χ2v) is 7.12. The van der Waals surface area contributed by atoms with Gasteiger partial charge in [0, 0.05) is 5.69 Å². The number of hydrogen-bond donors (Lipinski definition) is 1. The summed E-state index contributed by atoms with van der Waals surface area (Å²) >= 11 is 0. The van der Waals surface area contributed by atoms with E-state index in [-0.39, 0.29) is 4.90 Å². The van der Waals surface area contributed by atoms with Crippen LogP contribution in [0.25, 0.3) is 0 Å². The number of ether oxygens (including phenoxy) is 1. The molecule has 0 aliphatic heterocycles. The Kier molecular flexibility index (Phi) is 5.66. The molecule has 0 amide bonds. The summed E-state index contributed by atoms with van der Waals surface area (Å²) in [7, 11) is -3.59. The third-order valence-corrected chi connectivity index (χ3v) is 5.19. The molecule has 1 atom stereocenters. The van der Waals surface area contributed by atoms with Crippen molar-refractivity contribution < 1.29 is 13.2 Å². The summed E-state index contributed by atoms with van der Waals surface area (Å²) in [5.74, 6) is 1.12. The SMILES string of the molecule is CCOc1ccc(S(=O)(=O)Nc2ccc([C@@H](C)CC)cc2)cc1. The van der Waals surface area contributed by atoms with Crippen LogP contribution in [-0.4, -0.2) is 15.0 Å². The summed E-state index contributed by atoms with van der Waals surface area (Å²) in [6.45, 7) is 6.72. The Bertz CT molecular complexity index is 722. The van der Waals surface area contributed by atoms with Crippen molar-refractivity contribution in [3.63, 3.8) is 0 Å². The smallest absolute Gasteiger partial charge is 0.261 e. The molecule has 0 spiro atoms. The topological polar surface area (TPSA) is 55.4 Å². The van der Waals surface area contributed by atoms with E-state index in [0.717, 1.165) is 6.42 Å². The molecule has 0 bridgehead atoms. The van der Waals surface area contributed by atoms with Crippen LogP contribution in [0, 0.1) is 0 Å². The predicted molar refractivity (Wildman–Crippen MR) is 93.6 cm³/mol. The first-order valence-electron chi connectivity index (χ1n) is 7.82. The van der Waals surface area contributed by atoms with E-state index in [1.54, 1.807) is 36.4 Å². The summed E-state index contributed by atoms with van der Waals surface area (Å²) in [6.07, 6.45) is 1.05. The normalized spacial score (nSPS) is 12.7.